The molecule has 0 saturated heterocycles. The molecular weight excluding hydrogens is 339 g/mol. The molecule has 0 saturated carbocycles. The second-order valence-corrected chi connectivity index (χ2v) is 6.07. The highest BCUT2D eigenvalue weighted by Crippen LogP contribution is 2.21. The van der Waals surface area contributed by atoms with Gasteiger partial charge in [0.1, 0.15) is 5.82 Å². The Morgan fingerprint density at radius 2 is 2.15 bits per heavy atom. The van der Waals surface area contributed by atoms with Gasteiger partial charge in [-0.2, -0.15) is 0 Å². The minimum Gasteiger partial charge on any atom is -0.481 e. The average molecular weight is 362 g/mol. The van der Waals surface area contributed by atoms with Crippen molar-refractivity contribution in [3.05, 3.63) is 41.8 Å². The molecular formula is C19H23FN2O4. The Bertz CT molecular complexity index is 781. The molecule has 2 aromatic rings. The van der Waals surface area contributed by atoms with Gasteiger partial charge in [0.05, 0.1) is 17.0 Å². The Kier molecular flexibility index (Phi) is 7.03. The number of carbonyl (C=O) groups is 2. The Hall–Kier alpha value is -2.54. The van der Waals surface area contributed by atoms with Crippen molar-refractivity contribution >= 4 is 22.8 Å². The molecule has 26 heavy (non-hydrogen) atoms. The van der Waals surface area contributed by atoms with Gasteiger partial charge in [0.15, 0.2) is 0 Å². The summed E-state index contributed by atoms with van der Waals surface area (Å²) in [7, 11) is 0. The molecule has 1 aromatic carbocycles. The average Bonchev–Trinajstić information content (AvgIpc) is 2.62. The van der Waals surface area contributed by atoms with E-state index in [2.05, 4.69) is 4.98 Å². The third-order valence-corrected chi connectivity index (χ3v) is 4.02. The van der Waals surface area contributed by atoms with E-state index in [1.807, 2.05) is 6.92 Å². The molecule has 1 heterocycles. The highest BCUT2D eigenvalue weighted by atomic mass is 19.1. The quantitative estimate of drug-likeness (QED) is 0.694. The number of pyridine rings is 1. The number of nitrogens with zero attached hydrogens (tertiary/aromatic N) is 2. The second kappa shape index (κ2) is 9.24. The van der Waals surface area contributed by atoms with Crippen molar-refractivity contribution in [3.8, 4) is 0 Å². The summed E-state index contributed by atoms with van der Waals surface area (Å²) in [6.07, 6.45) is 2.10. The predicted molar refractivity (Wildman–Crippen MR) is 95.5 cm³/mol. The fraction of sp³-hybridized carbons (Fsp3) is 0.421. The van der Waals surface area contributed by atoms with Crippen molar-refractivity contribution in [2.45, 2.75) is 20.3 Å². The van der Waals surface area contributed by atoms with Crippen LogP contribution in [0.3, 0.4) is 0 Å². The monoisotopic (exact) mass is 362 g/mol. The number of carbonyl (C=O) groups excluding carboxylic acids is 1. The zero-order valence-corrected chi connectivity index (χ0v) is 14.9. The molecule has 0 spiro atoms. The van der Waals surface area contributed by atoms with Gasteiger partial charge in [0.2, 0.25) is 0 Å². The lowest BCUT2D eigenvalue weighted by Crippen LogP contribution is -2.38. The van der Waals surface area contributed by atoms with Gasteiger partial charge in [-0.15, -0.1) is 0 Å². The van der Waals surface area contributed by atoms with Crippen LogP contribution in [0, 0.1) is 11.7 Å². The molecule has 0 aliphatic rings. The number of ether oxygens (including phenoxy) is 1. The number of hydrogen-bond acceptors (Lipinski definition) is 4. The van der Waals surface area contributed by atoms with Crippen LogP contribution < -0.4 is 0 Å². The summed E-state index contributed by atoms with van der Waals surface area (Å²) in [5, 5.41) is 9.70. The lowest BCUT2D eigenvalue weighted by molar-refractivity contribution is -0.141. The molecule has 140 valence electrons. The van der Waals surface area contributed by atoms with Crippen molar-refractivity contribution in [2.75, 3.05) is 26.3 Å². The van der Waals surface area contributed by atoms with E-state index in [1.54, 1.807) is 12.1 Å². The highest BCUT2D eigenvalue weighted by Gasteiger charge is 2.23. The van der Waals surface area contributed by atoms with Crippen LogP contribution in [0.15, 0.2) is 30.5 Å². The minimum absolute atomic E-state index is 0.0329. The fourth-order valence-electron chi connectivity index (χ4n) is 2.68. The molecule has 1 aromatic heterocycles. The summed E-state index contributed by atoms with van der Waals surface area (Å²) in [4.78, 5) is 29.8. The maximum atomic E-state index is 14.0. The molecule has 0 aliphatic heterocycles. The van der Waals surface area contributed by atoms with Gasteiger partial charge in [-0.25, -0.2) is 4.39 Å². The first-order chi connectivity index (χ1) is 12.4. The topological polar surface area (TPSA) is 79.7 Å². The number of fused-ring (bicyclic) bond motifs is 1. The summed E-state index contributed by atoms with van der Waals surface area (Å²) in [6.45, 7) is 4.79. The number of benzene rings is 1. The number of halogens is 1. The number of amides is 1. The van der Waals surface area contributed by atoms with E-state index in [4.69, 9.17) is 4.74 Å². The van der Waals surface area contributed by atoms with Gasteiger partial charge in [-0.3, -0.25) is 14.6 Å². The molecule has 0 radical (unpaired) electrons. The molecule has 1 amide bonds. The number of aromatic nitrogens is 1. The second-order valence-electron chi connectivity index (χ2n) is 6.07. The number of hydrogen-bond donors (Lipinski definition) is 1. The zero-order chi connectivity index (χ0) is 19.1. The minimum atomic E-state index is -0.991. The van der Waals surface area contributed by atoms with Crippen molar-refractivity contribution < 1.29 is 23.8 Å². The molecule has 1 unspecified atom stereocenters. The molecule has 0 aliphatic carbocycles. The SMILES string of the molecule is CCOCCCN(CC(C)C(=O)O)C(=O)c1cc(F)cc2cccnc12. The van der Waals surface area contributed by atoms with Crippen LogP contribution in [0.1, 0.15) is 30.6 Å². The summed E-state index contributed by atoms with van der Waals surface area (Å²) >= 11 is 0. The van der Waals surface area contributed by atoms with Crippen molar-refractivity contribution in [1.29, 1.82) is 0 Å². The largest absolute Gasteiger partial charge is 0.481 e. The fourth-order valence-corrected chi connectivity index (χ4v) is 2.68. The molecule has 1 N–H and O–H groups in total. The smallest absolute Gasteiger partial charge is 0.308 e. The summed E-state index contributed by atoms with van der Waals surface area (Å²) in [6, 6.07) is 5.82. The first-order valence-electron chi connectivity index (χ1n) is 8.58. The number of rotatable bonds is 9. The molecule has 2 rings (SSSR count). The van der Waals surface area contributed by atoms with Crippen molar-refractivity contribution in [1.82, 2.24) is 9.88 Å². The molecule has 0 fully saturated rings. The standard InChI is InChI=1S/C19H23FN2O4/c1-3-26-9-5-8-22(12-13(2)19(24)25)18(23)16-11-15(20)10-14-6-4-7-21-17(14)16/h4,6-7,10-11,13H,3,5,8-9,12H2,1-2H3,(H,24,25). The Labute approximate surface area is 151 Å². The first-order valence-corrected chi connectivity index (χ1v) is 8.58. The Morgan fingerprint density at radius 1 is 1.38 bits per heavy atom. The Morgan fingerprint density at radius 3 is 2.85 bits per heavy atom. The van der Waals surface area contributed by atoms with E-state index < -0.39 is 23.6 Å². The molecule has 6 nitrogen and oxygen atoms in total. The van der Waals surface area contributed by atoms with Crippen molar-refractivity contribution in [2.24, 2.45) is 5.92 Å². The van der Waals surface area contributed by atoms with Crippen molar-refractivity contribution in [3.63, 3.8) is 0 Å². The lowest BCUT2D eigenvalue weighted by Gasteiger charge is -2.25. The van der Waals surface area contributed by atoms with Gasteiger partial charge >= 0.3 is 5.97 Å². The van der Waals surface area contributed by atoms with E-state index in [0.717, 1.165) is 6.07 Å². The third kappa shape index (κ3) is 4.98. The summed E-state index contributed by atoms with van der Waals surface area (Å²) in [5.41, 5.74) is 0.534. The normalized spacial score (nSPS) is 12.1. The van der Waals surface area contributed by atoms with Gasteiger partial charge in [-0.05, 0) is 31.5 Å². The lowest BCUT2D eigenvalue weighted by atomic mass is 10.1. The van der Waals surface area contributed by atoms with Crippen LogP contribution in [0.5, 0.6) is 0 Å². The molecule has 7 heteroatoms. The van der Waals surface area contributed by atoms with Gasteiger partial charge < -0.3 is 14.7 Å². The molecule has 1 atom stereocenters. The van der Waals surface area contributed by atoms with Gasteiger partial charge in [-0.1, -0.05) is 13.0 Å². The maximum absolute atomic E-state index is 14.0. The van der Waals surface area contributed by atoms with E-state index in [0.29, 0.717) is 37.1 Å². The predicted octanol–water partition coefficient (Wildman–Crippen LogP) is 2.96. The van der Waals surface area contributed by atoms with E-state index in [9.17, 15) is 19.1 Å². The summed E-state index contributed by atoms with van der Waals surface area (Å²) in [5.74, 6) is -2.69. The number of carboxylic acid groups (broad SMARTS) is 1. The maximum Gasteiger partial charge on any atom is 0.308 e. The van der Waals surface area contributed by atoms with E-state index >= 15 is 0 Å². The van der Waals surface area contributed by atoms with Crippen LogP contribution in [0.2, 0.25) is 0 Å². The van der Waals surface area contributed by atoms with Crippen LogP contribution in [-0.2, 0) is 9.53 Å². The van der Waals surface area contributed by atoms with E-state index in [1.165, 1.54) is 24.1 Å². The molecule has 0 bridgehead atoms. The number of aliphatic carboxylic acids is 1. The van der Waals surface area contributed by atoms with Crippen LogP contribution in [0.25, 0.3) is 10.9 Å². The van der Waals surface area contributed by atoms with Gasteiger partial charge in [0, 0.05) is 37.9 Å². The van der Waals surface area contributed by atoms with Crippen LogP contribution in [0.4, 0.5) is 4.39 Å². The Balaban J connectivity index is 2.31. The van der Waals surface area contributed by atoms with Crippen LogP contribution >= 0.6 is 0 Å². The number of carboxylic acids is 1. The van der Waals surface area contributed by atoms with E-state index in [-0.39, 0.29) is 12.1 Å². The van der Waals surface area contributed by atoms with Crippen LogP contribution in [-0.4, -0.2) is 53.2 Å². The van der Waals surface area contributed by atoms with Gasteiger partial charge in [0.25, 0.3) is 5.91 Å². The third-order valence-electron chi connectivity index (χ3n) is 4.02. The highest BCUT2D eigenvalue weighted by molar-refractivity contribution is 6.05. The first kappa shape index (κ1) is 19.8. The summed E-state index contributed by atoms with van der Waals surface area (Å²) < 4.78 is 19.2. The zero-order valence-electron chi connectivity index (χ0n) is 14.9.